The van der Waals surface area contributed by atoms with Crippen molar-refractivity contribution >= 4 is 17.5 Å². The fourth-order valence-electron chi connectivity index (χ4n) is 4.42. The predicted molar refractivity (Wildman–Crippen MR) is 100 cm³/mol. The molecule has 2 aliphatic rings. The van der Waals surface area contributed by atoms with Gasteiger partial charge in [0.2, 0.25) is 5.91 Å². The summed E-state index contributed by atoms with van der Waals surface area (Å²) < 4.78 is 6.43. The molecule has 2 atom stereocenters. The SMILES string of the molecule is CC(C)[C@H]1CC2(CCN(CC(N)=O)CC2)CO[C@@H]1c1ccccc1Cl. The summed E-state index contributed by atoms with van der Waals surface area (Å²) in [4.78, 5) is 13.3. The van der Waals surface area contributed by atoms with E-state index in [1.807, 2.05) is 18.2 Å². The first kappa shape index (κ1) is 18.7. The van der Waals surface area contributed by atoms with Crippen LogP contribution in [0.5, 0.6) is 0 Å². The number of primary amides is 1. The molecule has 1 aromatic rings. The Bertz CT molecular complexity index is 611. The number of piperidine rings is 1. The first-order valence-electron chi connectivity index (χ1n) is 9.27. The van der Waals surface area contributed by atoms with E-state index in [9.17, 15) is 4.79 Å². The van der Waals surface area contributed by atoms with E-state index in [0.29, 0.717) is 18.4 Å². The topological polar surface area (TPSA) is 55.6 Å². The second kappa shape index (κ2) is 7.65. The molecule has 0 bridgehead atoms. The van der Waals surface area contributed by atoms with E-state index < -0.39 is 0 Å². The van der Waals surface area contributed by atoms with Gasteiger partial charge in [-0.15, -0.1) is 0 Å². The minimum Gasteiger partial charge on any atom is -0.373 e. The van der Waals surface area contributed by atoms with Crippen molar-refractivity contribution in [3.8, 4) is 0 Å². The molecule has 0 unspecified atom stereocenters. The van der Waals surface area contributed by atoms with Gasteiger partial charge in [0, 0.05) is 5.02 Å². The Balaban J connectivity index is 1.72. The van der Waals surface area contributed by atoms with Crippen LogP contribution in [0.15, 0.2) is 24.3 Å². The minimum absolute atomic E-state index is 0.0722. The van der Waals surface area contributed by atoms with Gasteiger partial charge in [0.1, 0.15) is 0 Å². The van der Waals surface area contributed by atoms with E-state index in [2.05, 4.69) is 24.8 Å². The zero-order chi connectivity index (χ0) is 18.0. The fourth-order valence-corrected chi connectivity index (χ4v) is 4.67. The van der Waals surface area contributed by atoms with Crippen LogP contribution in [0, 0.1) is 17.3 Å². The quantitative estimate of drug-likeness (QED) is 0.887. The average molecular weight is 365 g/mol. The van der Waals surface area contributed by atoms with Gasteiger partial charge in [-0.1, -0.05) is 43.6 Å². The maximum absolute atomic E-state index is 11.2. The second-order valence-electron chi connectivity index (χ2n) is 8.11. The highest BCUT2D eigenvalue weighted by Gasteiger charge is 2.45. The van der Waals surface area contributed by atoms with E-state index >= 15 is 0 Å². The lowest BCUT2D eigenvalue weighted by Gasteiger charge is -2.50. The number of hydrogen-bond donors (Lipinski definition) is 1. The van der Waals surface area contributed by atoms with Crippen molar-refractivity contribution in [2.24, 2.45) is 23.0 Å². The Labute approximate surface area is 155 Å². The van der Waals surface area contributed by atoms with Gasteiger partial charge in [-0.05, 0) is 61.2 Å². The monoisotopic (exact) mass is 364 g/mol. The molecule has 25 heavy (non-hydrogen) atoms. The van der Waals surface area contributed by atoms with Crippen molar-refractivity contribution in [3.05, 3.63) is 34.9 Å². The van der Waals surface area contributed by atoms with E-state index in [1.54, 1.807) is 0 Å². The fraction of sp³-hybridized carbons (Fsp3) is 0.650. The third kappa shape index (κ3) is 4.18. The van der Waals surface area contributed by atoms with Crippen LogP contribution in [0.3, 0.4) is 0 Å². The molecule has 1 spiro atoms. The maximum atomic E-state index is 11.2. The number of hydrogen-bond acceptors (Lipinski definition) is 3. The van der Waals surface area contributed by atoms with Crippen LogP contribution < -0.4 is 5.73 Å². The molecule has 0 aliphatic carbocycles. The molecule has 2 fully saturated rings. The molecule has 0 radical (unpaired) electrons. The van der Waals surface area contributed by atoms with Gasteiger partial charge >= 0.3 is 0 Å². The zero-order valence-corrected chi connectivity index (χ0v) is 16.0. The summed E-state index contributed by atoms with van der Waals surface area (Å²) in [7, 11) is 0. The summed E-state index contributed by atoms with van der Waals surface area (Å²) in [6, 6.07) is 8.05. The molecule has 2 heterocycles. The van der Waals surface area contributed by atoms with Gasteiger partial charge in [0.05, 0.1) is 19.3 Å². The Kier molecular flexibility index (Phi) is 5.71. The molecule has 3 rings (SSSR count). The number of benzene rings is 1. The van der Waals surface area contributed by atoms with Gasteiger partial charge < -0.3 is 10.5 Å². The summed E-state index contributed by atoms with van der Waals surface area (Å²) in [5.41, 5.74) is 6.67. The van der Waals surface area contributed by atoms with E-state index in [1.165, 1.54) is 0 Å². The van der Waals surface area contributed by atoms with Crippen molar-refractivity contribution in [1.82, 2.24) is 4.90 Å². The summed E-state index contributed by atoms with van der Waals surface area (Å²) in [6.07, 6.45) is 3.37. The lowest BCUT2D eigenvalue weighted by molar-refractivity contribution is -0.134. The van der Waals surface area contributed by atoms with Crippen LogP contribution >= 0.6 is 11.6 Å². The highest BCUT2D eigenvalue weighted by molar-refractivity contribution is 6.31. The van der Waals surface area contributed by atoms with Gasteiger partial charge in [0.15, 0.2) is 0 Å². The summed E-state index contributed by atoms with van der Waals surface area (Å²) >= 11 is 6.44. The number of carbonyl (C=O) groups is 1. The van der Waals surface area contributed by atoms with E-state index in [-0.39, 0.29) is 17.4 Å². The third-order valence-corrected chi connectivity index (χ3v) is 6.34. The Morgan fingerprint density at radius 2 is 2.04 bits per heavy atom. The van der Waals surface area contributed by atoms with Crippen LogP contribution in [0.2, 0.25) is 5.02 Å². The Morgan fingerprint density at radius 1 is 1.36 bits per heavy atom. The van der Waals surface area contributed by atoms with Crippen molar-refractivity contribution in [1.29, 1.82) is 0 Å². The smallest absolute Gasteiger partial charge is 0.231 e. The standard InChI is InChI=1S/C20H29ClN2O2/c1-14(2)16-11-20(7-9-23(10-8-20)12-18(22)24)13-25-19(16)15-5-3-4-6-17(15)21/h3-6,14,16,19H,7-13H2,1-2H3,(H2,22,24)/t16-,19-/m1/s1. The first-order chi connectivity index (χ1) is 11.9. The van der Waals surface area contributed by atoms with Crippen molar-refractivity contribution < 1.29 is 9.53 Å². The highest BCUT2D eigenvalue weighted by Crippen LogP contribution is 2.50. The Hall–Kier alpha value is -1.10. The average Bonchev–Trinajstić information content (AvgIpc) is 2.57. The molecule has 138 valence electrons. The zero-order valence-electron chi connectivity index (χ0n) is 15.2. The van der Waals surface area contributed by atoms with Crippen LogP contribution in [-0.2, 0) is 9.53 Å². The summed E-state index contributed by atoms with van der Waals surface area (Å²) in [6.45, 7) is 7.54. The van der Waals surface area contributed by atoms with Crippen LogP contribution in [0.4, 0.5) is 0 Å². The van der Waals surface area contributed by atoms with Crippen LogP contribution in [0.1, 0.15) is 44.8 Å². The van der Waals surface area contributed by atoms with Crippen molar-refractivity contribution in [2.45, 2.75) is 39.2 Å². The highest BCUT2D eigenvalue weighted by atomic mass is 35.5. The molecule has 0 aromatic heterocycles. The lowest BCUT2D eigenvalue weighted by atomic mass is 9.66. The molecular formula is C20H29ClN2O2. The number of likely N-dealkylation sites (tertiary alicyclic amines) is 1. The normalized spacial score (nSPS) is 26.9. The molecule has 4 nitrogen and oxygen atoms in total. The number of nitrogens with two attached hydrogens (primary N) is 1. The number of nitrogens with zero attached hydrogens (tertiary/aromatic N) is 1. The molecule has 2 saturated heterocycles. The number of rotatable bonds is 4. The number of amides is 1. The molecule has 2 N–H and O–H groups in total. The number of halogens is 1. The molecule has 2 aliphatic heterocycles. The predicted octanol–water partition coefficient (Wildman–Crippen LogP) is 3.64. The van der Waals surface area contributed by atoms with Crippen molar-refractivity contribution in [2.75, 3.05) is 26.2 Å². The van der Waals surface area contributed by atoms with Crippen LogP contribution in [-0.4, -0.2) is 37.0 Å². The van der Waals surface area contributed by atoms with Gasteiger partial charge in [-0.2, -0.15) is 0 Å². The largest absolute Gasteiger partial charge is 0.373 e. The summed E-state index contributed by atoms with van der Waals surface area (Å²) in [5.74, 6) is 0.744. The lowest BCUT2D eigenvalue weighted by Crippen LogP contribution is -2.49. The van der Waals surface area contributed by atoms with Crippen LogP contribution in [0.25, 0.3) is 0 Å². The number of ether oxygens (including phenoxy) is 1. The van der Waals surface area contributed by atoms with Crippen molar-refractivity contribution in [3.63, 3.8) is 0 Å². The molecule has 1 aromatic carbocycles. The van der Waals surface area contributed by atoms with E-state index in [4.69, 9.17) is 22.1 Å². The minimum atomic E-state index is -0.241. The van der Waals surface area contributed by atoms with Gasteiger partial charge in [-0.25, -0.2) is 0 Å². The van der Waals surface area contributed by atoms with Gasteiger partial charge in [-0.3, -0.25) is 9.69 Å². The van der Waals surface area contributed by atoms with Gasteiger partial charge in [0.25, 0.3) is 0 Å². The third-order valence-electron chi connectivity index (χ3n) is 5.99. The molecule has 1 amide bonds. The Morgan fingerprint density at radius 3 is 2.64 bits per heavy atom. The molecule has 0 saturated carbocycles. The van der Waals surface area contributed by atoms with E-state index in [0.717, 1.165) is 49.5 Å². The first-order valence-corrected chi connectivity index (χ1v) is 9.65. The molecule has 5 heteroatoms. The maximum Gasteiger partial charge on any atom is 0.231 e. The summed E-state index contributed by atoms with van der Waals surface area (Å²) in [5, 5.41) is 0.797. The number of carbonyl (C=O) groups excluding carboxylic acids is 1. The molecular weight excluding hydrogens is 336 g/mol. The second-order valence-corrected chi connectivity index (χ2v) is 8.51.